The van der Waals surface area contributed by atoms with Crippen LogP contribution >= 0.6 is 0 Å². The highest BCUT2D eigenvalue weighted by Crippen LogP contribution is 2.20. The molecule has 1 aromatic rings. The molecule has 1 atom stereocenters. The van der Waals surface area contributed by atoms with Gasteiger partial charge in [0, 0.05) is 37.2 Å². The predicted octanol–water partition coefficient (Wildman–Crippen LogP) is 1.46. The fourth-order valence-electron chi connectivity index (χ4n) is 1.61. The van der Waals surface area contributed by atoms with E-state index in [-0.39, 0.29) is 17.5 Å². The van der Waals surface area contributed by atoms with Crippen LogP contribution in [0.5, 0.6) is 0 Å². The number of hydrogen-bond acceptors (Lipinski definition) is 5. The molecule has 0 N–H and O–H groups in total. The Morgan fingerprint density at radius 3 is 2.22 bits per heavy atom. The lowest BCUT2D eigenvalue weighted by Crippen LogP contribution is -2.34. The van der Waals surface area contributed by atoms with Crippen LogP contribution in [0, 0.1) is 10.1 Å². The van der Waals surface area contributed by atoms with Gasteiger partial charge in [-0.05, 0) is 19.1 Å². The zero-order chi connectivity index (χ0) is 13.9. The summed E-state index contributed by atoms with van der Waals surface area (Å²) in [6, 6.07) is 5.83. The van der Waals surface area contributed by atoms with Crippen molar-refractivity contribution in [3.05, 3.63) is 34.4 Å². The monoisotopic (exact) mass is 272 g/mol. The summed E-state index contributed by atoms with van der Waals surface area (Å²) in [5.41, 5.74) is 0.764. The van der Waals surface area contributed by atoms with Gasteiger partial charge in [-0.2, -0.15) is 0 Å². The molecule has 7 heteroatoms. The highest BCUT2D eigenvalue weighted by molar-refractivity contribution is 7.90. The maximum Gasteiger partial charge on any atom is 0.269 e. The molecule has 0 aliphatic heterocycles. The minimum absolute atomic E-state index is 0.0166. The number of rotatable bonds is 5. The minimum atomic E-state index is -3.05. The number of sulfone groups is 1. The van der Waals surface area contributed by atoms with Gasteiger partial charge in [0.1, 0.15) is 9.84 Å². The molecule has 0 aliphatic rings. The van der Waals surface area contributed by atoms with E-state index < -0.39 is 14.8 Å². The third-order valence-electron chi connectivity index (χ3n) is 2.67. The lowest BCUT2D eigenvalue weighted by Gasteiger charge is -2.26. The highest BCUT2D eigenvalue weighted by Gasteiger charge is 2.16. The molecule has 1 aromatic carbocycles. The molecular weight excluding hydrogens is 256 g/mol. The SMILES string of the molecule is CC(CS(C)(=O)=O)N(C)c1ccc([N+](=O)[O-])cc1. The number of benzene rings is 1. The molecule has 18 heavy (non-hydrogen) atoms. The van der Waals surface area contributed by atoms with E-state index in [0.29, 0.717) is 0 Å². The van der Waals surface area contributed by atoms with Crippen molar-refractivity contribution in [2.24, 2.45) is 0 Å². The first-order valence-corrected chi connectivity index (χ1v) is 7.42. The molecular formula is C11H16N2O4S. The maximum atomic E-state index is 11.2. The van der Waals surface area contributed by atoms with E-state index in [1.54, 1.807) is 31.0 Å². The highest BCUT2D eigenvalue weighted by atomic mass is 32.2. The van der Waals surface area contributed by atoms with Crippen molar-refractivity contribution in [2.75, 3.05) is 24.0 Å². The van der Waals surface area contributed by atoms with Gasteiger partial charge < -0.3 is 4.90 Å². The van der Waals surface area contributed by atoms with Gasteiger partial charge in [-0.25, -0.2) is 8.42 Å². The smallest absolute Gasteiger partial charge is 0.269 e. The predicted molar refractivity (Wildman–Crippen MR) is 70.7 cm³/mol. The Morgan fingerprint density at radius 2 is 1.83 bits per heavy atom. The van der Waals surface area contributed by atoms with Crippen molar-refractivity contribution < 1.29 is 13.3 Å². The number of hydrogen-bond donors (Lipinski definition) is 0. The van der Waals surface area contributed by atoms with Crippen LogP contribution in [0.3, 0.4) is 0 Å². The van der Waals surface area contributed by atoms with E-state index >= 15 is 0 Å². The summed E-state index contributed by atoms with van der Waals surface area (Å²) < 4.78 is 22.4. The second-order valence-corrected chi connectivity index (χ2v) is 6.51. The van der Waals surface area contributed by atoms with E-state index in [9.17, 15) is 18.5 Å². The van der Waals surface area contributed by atoms with Crippen LogP contribution in [0.1, 0.15) is 6.92 Å². The molecule has 0 radical (unpaired) electrons. The normalized spacial score (nSPS) is 13.1. The molecule has 0 amide bonds. The quantitative estimate of drug-likeness (QED) is 0.599. The first-order chi connectivity index (χ1) is 8.20. The van der Waals surface area contributed by atoms with Crippen molar-refractivity contribution in [1.82, 2.24) is 0 Å². The third kappa shape index (κ3) is 3.99. The van der Waals surface area contributed by atoms with Gasteiger partial charge in [0.05, 0.1) is 10.7 Å². The van der Waals surface area contributed by atoms with Crippen LogP contribution in [-0.4, -0.2) is 38.4 Å². The van der Waals surface area contributed by atoms with Crippen molar-refractivity contribution in [1.29, 1.82) is 0 Å². The lowest BCUT2D eigenvalue weighted by atomic mass is 10.2. The van der Waals surface area contributed by atoms with Gasteiger partial charge in [-0.1, -0.05) is 0 Å². The minimum Gasteiger partial charge on any atom is -0.371 e. The number of nitrogens with zero attached hydrogens (tertiary/aromatic N) is 2. The molecule has 6 nitrogen and oxygen atoms in total. The van der Waals surface area contributed by atoms with Crippen LogP contribution in [0.25, 0.3) is 0 Å². The summed E-state index contributed by atoms with van der Waals surface area (Å²) in [4.78, 5) is 11.8. The maximum absolute atomic E-state index is 11.2. The van der Waals surface area contributed by atoms with E-state index in [0.717, 1.165) is 5.69 Å². The standard InChI is InChI=1S/C11H16N2O4S/c1-9(8-18(3,16)17)12(2)10-4-6-11(7-5-10)13(14)15/h4-7,9H,8H2,1-3H3. The van der Waals surface area contributed by atoms with Gasteiger partial charge in [0.15, 0.2) is 0 Å². The van der Waals surface area contributed by atoms with Gasteiger partial charge in [-0.3, -0.25) is 10.1 Å². The van der Waals surface area contributed by atoms with Crippen LogP contribution in [0.2, 0.25) is 0 Å². The van der Waals surface area contributed by atoms with E-state index in [2.05, 4.69) is 0 Å². The topological polar surface area (TPSA) is 80.5 Å². The molecule has 0 bridgehead atoms. The Labute approximate surface area is 106 Å². The van der Waals surface area contributed by atoms with Gasteiger partial charge in [0.2, 0.25) is 0 Å². The summed E-state index contributed by atoms with van der Waals surface area (Å²) in [6.07, 6.45) is 1.19. The van der Waals surface area contributed by atoms with E-state index in [4.69, 9.17) is 0 Å². The third-order valence-corrected chi connectivity index (χ3v) is 3.76. The molecule has 0 saturated carbocycles. The van der Waals surface area contributed by atoms with Crippen molar-refractivity contribution in [2.45, 2.75) is 13.0 Å². The van der Waals surface area contributed by atoms with Gasteiger partial charge >= 0.3 is 0 Å². The zero-order valence-electron chi connectivity index (χ0n) is 10.5. The van der Waals surface area contributed by atoms with Crippen LogP contribution in [-0.2, 0) is 9.84 Å². The zero-order valence-corrected chi connectivity index (χ0v) is 11.3. The lowest BCUT2D eigenvalue weighted by molar-refractivity contribution is -0.384. The molecule has 1 unspecified atom stereocenters. The van der Waals surface area contributed by atoms with Gasteiger partial charge in [-0.15, -0.1) is 0 Å². The molecule has 0 aliphatic carbocycles. The van der Waals surface area contributed by atoms with E-state index in [1.807, 2.05) is 0 Å². The average molecular weight is 272 g/mol. The molecule has 0 fully saturated rings. The fraction of sp³-hybridized carbons (Fsp3) is 0.455. The Morgan fingerprint density at radius 1 is 1.33 bits per heavy atom. The van der Waals surface area contributed by atoms with E-state index in [1.165, 1.54) is 18.4 Å². The Hall–Kier alpha value is -1.63. The summed E-state index contributed by atoms with van der Waals surface area (Å²) >= 11 is 0. The molecule has 0 spiro atoms. The number of anilines is 1. The van der Waals surface area contributed by atoms with Crippen LogP contribution < -0.4 is 4.90 Å². The summed E-state index contributed by atoms with van der Waals surface area (Å²) in [7, 11) is -1.29. The van der Waals surface area contributed by atoms with Crippen molar-refractivity contribution in [3.63, 3.8) is 0 Å². The van der Waals surface area contributed by atoms with Crippen LogP contribution in [0.15, 0.2) is 24.3 Å². The van der Waals surface area contributed by atoms with Crippen LogP contribution in [0.4, 0.5) is 11.4 Å². The van der Waals surface area contributed by atoms with Crippen molar-refractivity contribution >= 4 is 21.2 Å². The molecule has 1 rings (SSSR count). The molecule has 0 saturated heterocycles. The largest absolute Gasteiger partial charge is 0.371 e. The number of nitro benzene ring substituents is 1. The summed E-state index contributed by atoms with van der Waals surface area (Å²) in [6.45, 7) is 1.79. The first-order valence-electron chi connectivity index (χ1n) is 5.35. The Balaban J connectivity index is 2.84. The first kappa shape index (κ1) is 14.4. The molecule has 0 heterocycles. The Kier molecular flexibility index (Phi) is 4.28. The Bertz CT molecular complexity index is 524. The second kappa shape index (κ2) is 5.34. The fourth-order valence-corrected chi connectivity index (χ4v) is 2.71. The average Bonchev–Trinajstić information content (AvgIpc) is 2.26. The number of nitro groups is 1. The molecule has 0 aromatic heterocycles. The van der Waals surface area contributed by atoms with Crippen molar-refractivity contribution in [3.8, 4) is 0 Å². The number of non-ortho nitro benzene ring substituents is 1. The second-order valence-electron chi connectivity index (χ2n) is 4.33. The summed E-state index contributed by atoms with van der Waals surface area (Å²) in [5, 5.41) is 10.5. The van der Waals surface area contributed by atoms with Gasteiger partial charge in [0.25, 0.3) is 5.69 Å². The summed E-state index contributed by atoms with van der Waals surface area (Å²) in [5.74, 6) is 0.0422. The molecule has 100 valence electrons.